The minimum atomic E-state index is -0.273. The lowest BCUT2D eigenvalue weighted by Crippen LogP contribution is -2.24. The fourth-order valence-electron chi connectivity index (χ4n) is 3.04. The second-order valence-electron chi connectivity index (χ2n) is 6.46. The van der Waals surface area contributed by atoms with Crippen LogP contribution in [0.1, 0.15) is 33.4 Å². The number of thioether (sulfide) groups is 1. The highest BCUT2D eigenvalue weighted by molar-refractivity contribution is 7.98. The van der Waals surface area contributed by atoms with Crippen LogP contribution in [0.5, 0.6) is 0 Å². The van der Waals surface area contributed by atoms with Crippen LogP contribution in [0, 0.1) is 6.92 Å². The van der Waals surface area contributed by atoms with Crippen LogP contribution in [0.2, 0.25) is 0 Å². The first-order valence-electron chi connectivity index (χ1n) is 8.70. The van der Waals surface area contributed by atoms with Gasteiger partial charge in [0.1, 0.15) is 6.10 Å². The lowest BCUT2D eigenvalue weighted by Gasteiger charge is -2.24. The molecule has 27 heavy (non-hydrogen) atoms. The summed E-state index contributed by atoms with van der Waals surface area (Å²) in [6, 6.07) is 16.0. The SMILES string of the molecule is CSc1ccc(NC(=O)c2nnn3c2CO[C@@H](c2ccc(C)cc2)C3)cc1. The smallest absolute Gasteiger partial charge is 0.278 e. The van der Waals surface area contributed by atoms with Crippen LogP contribution >= 0.6 is 11.8 Å². The molecule has 2 heterocycles. The molecule has 0 fully saturated rings. The minimum Gasteiger partial charge on any atom is -0.365 e. The molecular weight excluding hydrogens is 360 g/mol. The van der Waals surface area contributed by atoms with E-state index in [1.807, 2.05) is 30.5 Å². The van der Waals surface area contributed by atoms with Crippen LogP contribution in [0.25, 0.3) is 0 Å². The first kappa shape index (κ1) is 17.8. The minimum absolute atomic E-state index is 0.0881. The highest BCUT2D eigenvalue weighted by Gasteiger charge is 2.27. The van der Waals surface area contributed by atoms with Gasteiger partial charge in [-0.25, -0.2) is 4.68 Å². The standard InChI is InChI=1S/C20H20N4O2S/c1-13-3-5-14(6-4-13)18-11-24-17(12-26-18)19(22-23-24)20(25)21-15-7-9-16(27-2)10-8-15/h3-10,18H,11-12H2,1-2H3,(H,21,25)/t18-/m1/s1. The van der Waals surface area contributed by atoms with Gasteiger partial charge in [-0.05, 0) is 43.0 Å². The molecule has 0 aliphatic carbocycles. The fraction of sp³-hybridized carbons (Fsp3) is 0.250. The number of benzene rings is 2. The Balaban J connectivity index is 1.48. The van der Waals surface area contributed by atoms with Crippen molar-refractivity contribution >= 4 is 23.4 Å². The Kier molecular flexibility index (Phi) is 4.96. The zero-order chi connectivity index (χ0) is 18.8. The maximum absolute atomic E-state index is 12.6. The number of hydrogen-bond acceptors (Lipinski definition) is 5. The number of ether oxygens (including phenoxy) is 1. The van der Waals surface area contributed by atoms with Gasteiger partial charge in [-0.15, -0.1) is 16.9 Å². The third-order valence-corrected chi connectivity index (χ3v) is 5.35. The van der Waals surface area contributed by atoms with Gasteiger partial charge >= 0.3 is 0 Å². The van der Waals surface area contributed by atoms with Crippen molar-refractivity contribution in [3.05, 3.63) is 71.0 Å². The van der Waals surface area contributed by atoms with Crippen LogP contribution in [0.15, 0.2) is 53.4 Å². The monoisotopic (exact) mass is 380 g/mol. The van der Waals surface area contributed by atoms with Gasteiger partial charge in [-0.1, -0.05) is 35.0 Å². The third-order valence-electron chi connectivity index (χ3n) is 4.61. The summed E-state index contributed by atoms with van der Waals surface area (Å²) >= 11 is 1.66. The Morgan fingerprint density at radius 3 is 2.63 bits per heavy atom. The fourth-order valence-corrected chi connectivity index (χ4v) is 3.44. The van der Waals surface area contributed by atoms with Gasteiger partial charge in [0.25, 0.3) is 5.91 Å². The van der Waals surface area contributed by atoms with Crippen molar-refractivity contribution in [3.63, 3.8) is 0 Å². The van der Waals surface area contributed by atoms with E-state index in [1.165, 1.54) is 5.56 Å². The molecule has 0 saturated heterocycles. The van der Waals surface area contributed by atoms with Gasteiger partial charge in [0.05, 0.1) is 18.8 Å². The molecule has 1 N–H and O–H groups in total. The Hall–Kier alpha value is -2.64. The number of amides is 1. The Labute approximate surface area is 161 Å². The van der Waals surface area contributed by atoms with E-state index >= 15 is 0 Å². The second kappa shape index (κ2) is 7.54. The van der Waals surface area contributed by atoms with E-state index in [0.717, 1.165) is 16.1 Å². The van der Waals surface area contributed by atoms with Crippen molar-refractivity contribution in [3.8, 4) is 0 Å². The summed E-state index contributed by atoms with van der Waals surface area (Å²) in [4.78, 5) is 13.7. The summed E-state index contributed by atoms with van der Waals surface area (Å²) in [5, 5.41) is 11.1. The van der Waals surface area contributed by atoms with Crippen molar-refractivity contribution in [1.29, 1.82) is 0 Å². The Morgan fingerprint density at radius 1 is 1.19 bits per heavy atom. The average molecular weight is 380 g/mol. The first-order chi connectivity index (χ1) is 13.1. The molecule has 0 spiro atoms. The number of anilines is 1. The molecule has 0 unspecified atom stereocenters. The predicted molar refractivity (Wildman–Crippen MR) is 105 cm³/mol. The quantitative estimate of drug-likeness (QED) is 0.697. The normalized spacial score (nSPS) is 16.0. The molecule has 1 aromatic heterocycles. The van der Waals surface area contributed by atoms with E-state index in [1.54, 1.807) is 16.4 Å². The lowest BCUT2D eigenvalue weighted by atomic mass is 10.1. The number of carbonyl (C=O) groups is 1. The molecular formula is C20H20N4O2S. The number of nitrogens with one attached hydrogen (secondary N) is 1. The molecule has 1 amide bonds. The second-order valence-corrected chi connectivity index (χ2v) is 7.34. The zero-order valence-corrected chi connectivity index (χ0v) is 16.0. The largest absolute Gasteiger partial charge is 0.365 e. The van der Waals surface area contributed by atoms with Crippen molar-refractivity contribution in [1.82, 2.24) is 15.0 Å². The summed E-state index contributed by atoms with van der Waals surface area (Å²) in [5.41, 5.74) is 4.05. The predicted octanol–water partition coefficient (Wildman–Crippen LogP) is 3.83. The highest BCUT2D eigenvalue weighted by Crippen LogP contribution is 2.27. The summed E-state index contributed by atoms with van der Waals surface area (Å²) in [6.45, 7) is 2.90. The summed E-state index contributed by atoms with van der Waals surface area (Å²) in [6.07, 6.45) is 1.93. The van der Waals surface area contributed by atoms with E-state index < -0.39 is 0 Å². The number of fused-ring (bicyclic) bond motifs is 1. The van der Waals surface area contributed by atoms with E-state index in [9.17, 15) is 4.79 Å². The Morgan fingerprint density at radius 2 is 1.93 bits per heavy atom. The maximum atomic E-state index is 12.6. The summed E-state index contributed by atoms with van der Waals surface area (Å²) in [5.74, 6) is -0.273. The topological polar surface area (TPSA) is 69.0 Å². The lowest BCUT2D eigenvalue weighted by molar-refractivity contribution is -0.00171. The van der Waals surface area contributed by atoms with Crippen LogP contribution in [0.3, 0.4) is 0 Å². The number of rotatable bonds is 4. The summed E-state index contributed by atoms with van der Waals surface area (Å²) in [7, 11) is 0. The molecule has 4 rings (SSSR count). The summed E-state index contributed by atoms with van der Waals surface area (Å²) < 4.78 is 7.74. The number of aryl methyl sites for hydroxylation is 1. The molecule has 7 heteroatoms. The Bertz CT molecular complexity index is 951. The molecule has 0 bridgehead atoms. The van der Waals surface area contributed by atoms with E-state index in [0.29, 0.717) is 24.5 Å². The van der Waals surface area contributed by atoms with Gasteiger partial charge in [0.2, 0.25) is 0 Å². The molecule has 0 saturated carbocycles. The first-order valence-corrected chi connectivity index (χ1v) is 9.92. The van der Waals surface area contributed by atoms with Gasteiger partial charge < -0.3 is 10.1 Å². The number of carbonyl (C=O) groups excluding carboxylic acids is 1. The highest BCUT2D eigenvalue weighted by atomic mass is 32.2. The van der Waals surface area contributed by atoms with Gasteiger partial charge in [0.15, 0.2) is 5.69 Å². The van der Waals surface area contributed by atoms with Crippen molar-refractivity contribution < 1.29 is 9.53 Å². The van der Waals surface area contributed by atoms with Gasteiger partial charge in [0, 0.05) is 10.6 Å². The zero-order valence-electron chi connectivity index (χ0n) is 15.2. The van der Waals surface area contributed by atoms with Crippen LogP contribution < -0.4 is 5.32 Å². The molecule has 0 radical (unpaired) electrons. The van der Waals surface area contributed by atoms with Crippen molar-refractivity contribution in [2.45, 2.75) is 31.1 Å². The molecule has 138 valence electrons. The third kappa shape index (κ3) is 3.74. The molecule has 1 atom stereocenters. The van der Waals surface area contributed by atoms with E-state index in [-0.39, 0.29) is 12.0 Å². The molecule has 1 aliphatic rings. The number of nitrogens with zero attached hydrogens (tertiary/aromatic N) is 3. The number of hydrogen-bond donors (Lipinski definition) is 1. The van der Waals surface area contributed by atoms with Crippen LogP contribution in [-0.2, 0) is 17.9 Å². The molecule has 1 aliphatic heterocycles. The molecule has 3 aromatic rings. The van der Waals surface area contributed by atoms with Crippen molar-refractivity contribution in [2.75, 3.05) is 11.6 Å². The van der Waals surface area contributed by atoms with Gasteiger partial charge in [-0.3, -0.25) is 4.79 Å². The van der Waals surface area contributed by atoms with E-state index in [4.69, 9.17) is 4.74 Å². The maximum Gasteiger partial charge on any atom is 0.278 e. The van der Waals surface area contributed by atoms with Gasteiger partial charge in [-0.2, -0.15) is 0 Å². The van der Waals surface area contributed by atoms with E-state index in [2.05, 4.69) is 46.8 Å². The van der Waals surface area contributed by atoms with Crippen LogP contribution in [0.4, 0.5) is 5.69 Å². The number of aromatic nitrogens is 3. The molecule has 6 nitrogen and oxygen atoms in total. The average Bonchev–Trinajstić information content (AvgIpc) is 3.12. The molecule has 2 aromatic carbocycles. The van der Waals surface area contributed by atoms with Crippen LogP contribution in [-0.4, -0.2) is 27.2 Å². The van der Waals surface area contributed by atoms with Crippen molar-refractivity contribution in [2.24, 2.45) is 0 Å².